The molecule has 0 N–H and O–H groups in total. The van der Waals surface area contributed by atoms with E-state index in [9.17, 15) is 0 Å². The lowest BCUT2D eigenvalue weighted by atomic mass is 9.96. The lowest BCUT2D eigenvalue weighted by molar-refractivity contribution is 0.506. The molecule has 0 spiro atoms. The van der Waals surface area contributed by atoms with Gasteiger partial charge in [-0.05, 0) is 25.3 Å². The maximum absolute atomic E-state index is 7.72. The quantitative estimate of drug-likeness (QED) is 0.595. The highest BCUT2D eigenvalue weighted by atomic mass is 16.3. The van der Waals surface area contributed by atoms with E-state index in [-0.39, 0.29) is 6.40 Å². The van der Waals surface area contributed by atoms with Crippen molar-refractivity contribution in [3.05, 3.63) is 35.6 Å². The van der Waals surface area contributed by atoms with Crippen LogP contribution in [0.5, 0.6) is 0 Å². The summed E-state index contributed by atoms with van der Waals surface area (Å²) in [6, 6.07) is 8.16. The summed E-state index contributed by atoms with van der Waals surface area (Å²) in [6.45, 7) is 0. The summed E-state index contributed by atoms with van der Waals surface area (Å²) in [5.41, 5.74) is 2.32. The van der Waals surface area contributed by atoms with Crippen LogP contribution in [-0.2, 0) is 12.8 Å². The van der Waals surface area contributed by atoms with Crippen molar-refractivity contribution in [2.75, 3.05) is 0 Å². The molecule has 66 valence electrons. The Bertz CT molecular complexity index is 472. The van der Waals surface area contributed by atoms with Crippen LogP contribution < -0.4 is 0 Å². The fourth-order valence-electron chi connectivity index (χ4n) is 2.07. The summed E-state index contributed by atoms with van der Waals surface area (Å²) < 4.78 is 13.5. The first-order valence-corrected chi connectivity index (χ1v) is 4.76. The molecule has 1 heteroatoms. The van der Waals surface area contributed by atoms with E-state index in [1.807, 2.05) is 18.2 Å². The molecule has 1 nitrogen and oxygen atoms in total. The minimum Gasteiger partial charge on any atom is -0.461 e. The Hall–Kier alpha value is -1.24. The lowest BCUT2D eigenvalue weighted by Gasteiger charge is -2.08. The third-order valence-corrected chi connectivity index (χ3v) is 2.71. The van der Waals surface area contributed by atoms with E-state index in [2.05, 4.69) is 6.07 Å². The smallest absolute Gasteiger partial charge is 0.134 e. The van der Waals surface area contributed by atoms with E-state index in [1.54, 1.807) is 0 Å². The highest BCUT2D eigenvalue weighted by Crippen LogP contribution is 2.31. The molecule has 1 aromatic carbocycles. The number of hydrogen-bond acceptors (Lipinski definition) is 1. The van der Waals surface area contributed by atoms with Gasteiger partial charge in [0.2, 0.25) is 0 Å². The Labute approximate surface area is 78.8 Å². The van der Waals surface area contributed by atoms with Crippen LogP contribution >= 0.6 is 0 Å². The first-order chi connectivity index (χ1) is 6.84. The van der Waals surface area contributed by atoms with Crippen molar-refractivity contribution in [1.29, 1.82) is 0 Å². The highest BCUT2D eigenvalue weighted by Gasteiger charge is 2.16. The highest BCUT2D eigenvalue weighted by molar-refractivity contribution is 5.82. The first-order valence-electron chi connectivity index (χ1n) is 5.34. The minimum absolute atomic E-state index is 0.0306. The summed E-state index contributed by atoms with van der Waals surface area (Å²) in [5.74, 6) is 1.04. The molecule has 0 bridgehead atoms. The topological polar surface area (TPSA) is 13.1 Å². The van der Waals surface area contributed by atoms with E-state index in [4.69, 9.17) is 5.79 Å². The Morgan fingerprint density at radius 1 is 1.23 bits per heavy atom. The summed E-state index contributed by atoms with van der Waals surface area (Å²) in [7, 11) is 0. The molecular weight excluding hydrogens is 160 g/mol. The largest absolute Gasteiger partial charge is 0.461 e. The molecule has 0 amide bonds. The van der Waals surface area contributed by atoms with Crippen LogP contribution in [0, 0.1) is 0 Å². The van der Waals surface area contributed by atoms with Crippen molar-refractivity contribution in [3.8, 4) is 0 Å². The number of rotatable bonds is 0. The fourth-order valence-corrected chi connectivity index (χ4v) is 2.07. The molecule has 1 aliphatic rings. The Morgan fingerprint density at radius 3 is 3.15 bits per heavy atom. The van der Waals surface area contributed by atoms with Crippen LogP contribution in [0.15, 0.2) is 28.7 Å². The van der Waals surface area contributed by atoms with Crippen molar-refractivity contribution < 1.29 is 5.79 Å². The number of fused-ring (bicyclic) bond motifs is 3. The van der Waals surface area contributed by atoms with E-state index >= 15 is 0 Å². The van der Waals surface area contributed by atoms with Gasteiger partial charge in [0, 0.05) is 18.7 Å². The second kappa shape index (κ2) is 2.63. The summed E-state index contributed by atoms with van der Waals surface area (Å²) in [5, 5.41) is 1.24. The van der Waals surface area contributed by atoms with Crippen molar-refractivity contribution in [2.45, 2.75) is 25.7 Å². The summed E-state index contributed by atoms with van der Waals surface area (Å²) >= 11 is 0. The standard InChI is InChI=1S/C12H12O/c1-3-7-11-9(5-1)10-6-2-4-8-12(10)13-11/h1,3,5,7H,2,4,6,8H2/i4D. The van der Waals surface area contributed by atoms with Gasteiger partial charge in [-0.3, -0.25) is 0 Å². The second-order valence-corrected chi connectivity index (χ2v) is 3.53. The number of para-hydroxylation sites is 1. The molecule has 1 heterocycles. The first kappa shape index (κ1) is 6.25. The van der Waals surface area contributed by atoms with Gasteiger partial charge in [0.1, 0.15) is 11.3 Å². The van der Waals surface area contributed by atoms with E-state index in [1.165, 1.54) is 10.9 Å². The van der Waals surface area contributed by atoms with Crippen LogP contribution in [0.25, 0.3) is 11.0 Å². The van der Waals surface area contributed by atoms with Crippen molar-refractivity contribution in [2.24, 2.45) is 0 Å². The van der Waals surface area contributed by atoms with Gasteiger partial charge in [0.15, 0.2) is 0 Å². The van der Waals surface area contributed by atoms with Crippen molar-refractivity contribution >= 4 is 11.0 Å². The van der Waals surface area contributed by atoms with Crippen LogP contribution in [0.2, 0.25) is 0 Å². The van der Waals surface area contributed by atoms with Crippen LogP contribution in [0.3, 0.4) is 0 Å². The normalized spacial score (nSPS) is 22.8. The number of benzene rings is 1. The third-order valence-electron chi connectivity index (χ3n) is 2.71. The molecule has 1 aliphatic carbocycles. The van der Waals surface area contributed by atoms with E-state index in [0.717, 1.165) is 30.6 Å². The van der Waals surface area contributed by atoms with Gasteiger partial charge in [-0.15, -0.1) is 0 Å². The zero-order valence-corrected chi connectivity index (χ0v) is 7.42. The zero-order valence-electron chi connectivity index (χ0n) is 8.42. The van der Waals surface area contributed by atoms with Gasteiger partial charge >= 0.3 is 0 Å². The van der Waals surface area contributed by atoms with E-state index < -0.39 is 0 Å². The predicted molar refractivity (Wildman–Crippen MR) is 52.9 cm³/mol. The molecule has 0 saturated carbocycles. The third kappa shape index (κ3) is 0.998. The van der Waals surface area contributed by atoms with Gasteiger partial charge in [0.25, 0.3) is 0 Å². The van der Waals surface area contributed by atoms with Gasteiger partial charge in [-0.1, -0.05) is 18.2 Å². The predicted octanol–water partition coefficient (Wildman–Crippen LogP) is 3.31. The van der Waals surface area contributed by atoms with Crippen LogP contribution in [-0.4, -0.2) is 0 Å². The maximum Gasteiger partial charge on any atom is 0.134 e. The average Bonchev–Trinajstić information content (AvgIpc) is 2.54. The molecule has 3 rings (SSSR count). The van der Waals surface area contributed by atoms with Crippen LogP contribution in [0.4, 0.5) is 0 Å². The van der Waals surface area contributed by atoms with Crippen LogP contribution in [0.1, 0.15) is 25.5 Å². The molecule has 1 aromatic heterocycles. The number of aryl methyl sites for hydroxylation is 2. The number of furan rings is 1. The Kier molecular flexibility index (Phi) is 1.26. The lowest BCUT2D eigenvalue weighted by Crippen LogP contribution is -1.98. The SMILES string of the molecule is [2H]C1CCc2c(oc3ccccc23)C1. The Balaban J connectivity index is 2.24. The fraction of sp³-hybridized carbons (Fsp3) is 0.333. The van der Waals surface area contributed by atoms with Gasteiger partial charge in [-0.25, -0.2) is 0 Å². The molecule has 0 aliphatic heterocycles. The molecule has 2 aromatic rings. The molecule has 0 radical (unpaired) electrons. The number of hydrogen-bond donors (Lipinski definition) is 0. The van der Waals surface area contributed by atoms with Gasteiger partial charge < -0.3 is 4.42 Å². The molecule has 1 atom stereocenters. The van der Waals surface area contributed by atoms with E-state index in [0.29, 0.717) is 0 Å². The average molecular weight is 173 g/mol. The minimum atomic E-state index is 0.0306. The maximum atomic E-state index is 7.72. The van der Waals surface area contributed by atoms with Crippen molar-refractivity contribution in [1.82, 2.24) is 0 Å². The van der Waals surface area contributed by atoms with Crippen molar-refractivity contribution in [3.63, 3.8) is 0 Å². The summed E-state index contributed by atoms with van der Waals surface area (Å²) in [6.07, 6.45) is 2.78. The van der Waals surface area contributed by atoms with Gasteiger partial charge in [-0.2, -0.15) is 0 Å². The Morgan fingerprint density at radius 2 is 2.15 bits per heavy atom. The zero-order chi connectivity index (χ0) is 9.54. The molecule has 1 unspecified atom stereocenters. The molecular formula is C12H12O. The van der Waals surface area contributed by atoms with Gasteiger partial charge in [0.05, 0.1) is 0 Å². The molecule has 0 fully saturated rings. The molecule has 0 saturated heterocycles. The second-order valence-electron chi connectivity index (χ2n) is 3.53. The summed E-state index contributed by atoms with van der Waals surface area (Å²) in [4.78, 5) is 0. The molecule has 13 heavy (non-hydrogen) atoms. The monoisotopic (exact) mass is 173 g/mol.